The second-order valence-corrected chi connectivity index (χ2v) is 5.75. The molecule has 1 unspecified atom stereocenters. The number of likely N-dealkylation sites (N-methyl/N-ethyl adjacent to an activating group) is 1. The van der Waals surface area contributed by atoms with Crippen LogP contribution in [0.3, 0.4) is 0 Å². The zero-order valence-electron chi connectivity index (χ0n) is 12.8. The van der Waals surface area contributed by atoms with Gasteiger partial charge in [0, 0.05) is 18.9 Å². The van der Waals surface area contributed by atoms with Crippen LogP contribution < -0.4 is 5.73 Å². The Kier molecular flexibility index (Phi) is 4.43. The van der Waals surface area contributed by atoms with E-state index in [0.29, 0.717) is 13.0 Å². The summed E-state index contributed by atoms with van der Waals surface area (Å²) in [5, 5.41) is 0. The molecular weight excluding hydrogens is 264 g/mol. The standard InChI is InChI=1S/C16H22N4O/c1-12-10-18-14(19-12)11-20(3)15(21)16(2,17)9-13-7-5-4-6-8-13/h4-8,10H,9,11,17H2,1-3H3,(H,18,19). The van der Waals surface area contributed by atoms with E-state index in [2.05, 4.69) is 9.97 Å². The summed E-state index contributed by atoms with van der Waals surface area (Å²) in [4.78, 5) is 21.5. The number of rotatable bonds is 5. The van der Waals surface area contributed by atoms with E-state index in [0.717, 1.165) is 17.1 Å². The van der Waals surface area contributed by atoms with E-state index in [1.165, 1.54) is 0 Å². The first-order chi connectivity index (χ1) is 9.88. The number of aromatic nitrogens is 2. The van der Waals surface area contributed by atoms with Crippen LogP contribution in [0.5, 0.6) is 0 Å². The van der Waals surface area contributed by atoms with Gasteiger partial charge < -0.3 is 15.6 Å². The largest absolute Gasteiger partial charge is 0.345 e. The molecule has 0 spiro atoms. The Morgan fingerprint density at radius 2 is 2.05 bits per heavy atom. The number of benzene rings is 1. The number of aryl methyl sites for hydroxylation is 1. The normalized spacial score (nSPS) is 13.7. The highest BCUT2D eigenvalue weighted by Crippen LogP contribution is 2.14. The first-order valence-corrected chi connectivity index (χ1v) is 6.97. The Bertz CT molecular complexity index is 604. The van der Waals surface area contributed by atoms with Gasteiger partial charge in [0.15, 0.2) is 0 Å². The minimum absolute atomic E-state index is 0.0968. The first kappa shape index (κ1) is 15.3. The van der Waals surface area contributed by atoms with Gasteiger partial charge in [0.1, 0.15) is 5.82 Å². The summed E-state index contributed by atoms with van der Waals surface area (Å²) in [7, 11) is 1.75. The number of nitrogens with zero attached hydrogens (tertiary/aromatic N) is 2. The number of carbonyl (C=O) groups excluding carboxylic acids is 1. The molecule has 5 nitrogen and oxygen atoms in total. The fraction of sp³-hybridized carbons (Fsp3) is 0.375. The lowest BCUT2D eigenvalue weighted by Crippen LogP contribution is -2.53. The van der Waals surface area contributed by atoms with Crippen molar-refractivity contribution in [2.45, 2.75) is 32.4 Å². The molecule has 3 N–H and O–H groups in total. The third-order valence-corrected chi connectivity index (χ3v) is 3.39. The first-order valence-electron chi connectivity index (χ1n) is 6.97. The van der Waals surface area contributed by atoms with Gasteiger partial charge in [-0.2, -0.15) is 0 Å². The third kappa shape index (κ3) is 3.92. The lowest BCUT2D eigenvalue weighted by molar-refractivity contribution is -0.135. The highest BCUT2D eigenvalue weighted by atomic mass is 16.2. The van der Waals surface area contributed by atoms with Gasteiger partial charge in [0.05, 0.1) is 12.1 Å². The van der Waals surface area contributed by atoms with Crippen molar-refractivity contribution in [3.05, 3.63) is 53.6 Å². The molecule has 112 valence electrons. The molecule has 0 saturated heterocycles. The van der Waals surface area contributed by atoms with Gasteiger partial charge in [-0.1, -0.05) is 30.3 Å². The van der Waals surface area contributed by atoms with Crippen molar-refractivity contribution in [2.75, 3.05) is 7.05 Å². The maximum atomic E-state index is 12.5. The van der Waals surface area contributed by atoms with Crippen LogP contribution in [0.15, 0.2) is 36.5 Å². The monoisotopic (exact) mass is 286 g/mol. The molecule has 2 aromatic rings. The van der Waals surface area contributed by atoms with Crippen LogP contribution >= 0.6 is 0 Å². The molecule has 1 amide bonds. The second kappa shape index (κ2) is 6.10. The van der Waals surface area contributed by atoms with E-state index in [1.807, 2.05) is 37.3 Å². The van der Waals surface area contributed by atoms with E-state index in [4.69, 9.17) is 5.73 Å². The minimum atomic E-state index is -0.933. The molecule has 0 bridgehead atoms. The highest BCUT2D eigenvalue weighted by Gasteiger charge is 2.31. The SMILES string of the molecule is Cc1cnc(CN(C)C(=O)C(C)(N)Cc2ccccc2)[nH]1. The Hall–Kier alpha value is -2.14. The van der Waals surface area contributed by atoms with Gasteiger partial charge in [0.25, 0.3) is 0 Å². The fourth-order valence-electron chi connectivity index (χ4n) is 2.38. The van der Waals surface area contributed by atoms with Gasteiger partial charge in [0.2, 0.25) is 5.91 Å². The van der Waals surface area contributed by atoms with Crippen LogP contribution in [0.2, 0.25) is 0 Å². The Labute approximate surface area is 125 Å². The van der Waals surface area contributed by atoms with Crippen LogP contribution in [0.4, 0.5) is 0 Å². The zero-order valence-corrected chi connectivity index (χ0v) is 12.8. The van der Waals surface area contributed by atoms with Gasteiger partial charge in [-0.15, -0.1) is 0 Å². The molecule has 0 aliphatic carbocycles. The Morgan fingerprint density at radius 3 is 2.62 bits per heavy atom. The lowest BCUT2D eigenvalue weighted by Gasteiger charge is -2.29. The van der Waals surface area contributed by atoms with E-state index in [-0.39, 0.29) is 5.91 Å². The molecule has 1 atom stereocenters. The fourth-order valence-corrected chi connectivity index (χ4v) is 2.38. The summed E-state index contributed by atoms with van der Waals surface area (Å²) in [5.41, 5.74) is 7.33. The number of carbonyl (C=O) groups is 1. The summed E-state index contributed by atoms with van der Waals surface area (Å²) in [6.45, 7) is 4.13. The number of nitrogens with one attached hydrogen (secondary N) is 1. The van der Waals surface area contributed by atoms with E-state index >= 15 is 0 Å². The summed E-state index contributed by atoms with van der Waals surface area (Å²) in [5.74, 6) is 0.666. The predicted octanol–water partition coefficient (Wildman–Crippen LogP) is 1.64. The van der Waals surface area contributed by atoms with E-state index in [9.17, 15) is 4.79 Å². The van der Waals surface area contributed by atoms with Gasteiger partial charge in [-0.05, 0) is 25.8 Å². The van der Waals surface area contributed by atoms with Gasteiger partial charge in [-0.3, -0.25) is 4.79 Å². The van der Waals surface area contributed by atoms with E-state index < -0.39 is 5.54 Å². The number of hydrogen-bond acceptors (Lipinski definition) is 3. The van der Waals surface area contributed by atoms with Crippen molar-refractivity contribution in [1.82, 2.24) is 14.9 Å². The highest BCUT2D eigenvalue weighted by molar-refractivity contribution is 5.85. The lowest BCUT2D eigenvalue weighted by atomic mass is 9.92. The van der Waals surface area contributed by atoms with Crippen LogP contribution in [0, 0.1) is 6.92 Å². The number of H-pyrrole nitrogens is 1. The van der Waals surface area contributed by atoms with Crippen LogP contribution in [-0.4, -0.2) is 33.4 Å². The number of hydrogen-bond donors (Lipinski definition) is 2. The quantitative estimate of drug-likeness (QED) is 0.877. The topological polar surface area (TPSA) is 75.0 Å². The number of nitrogens with two attached hydrogens (primary N) is 1. The van der Waals surface area contributed by atoms with Crippen molar-refractivity contribution >= 4 is 5.91 Å². The third-order valence-electron chi connectivity index (χ3n) is 3.39. The summed E-state index contributed by atoms with van der Waals surface area (Å²) >= 11 is 0. The maximum absolute atomic E-state index is 12.5. The molecule has 0 saturated carbocycles. The molecule has 0 radical (unpaired) electrons. The average Bonchev–Trinajstić information content (AvgIpc) is 2.83. The molecule has 0 aliphatic heterocycles. The maximum Gasteiger partial charge on any atom is 0.242 e. The van der Waals surface area contributed by atoms with Crippen molar-refractivity contribution < 1.29 is 4.79 Å². The minimum Gasteiger partial charge on any atom is -0.345 e. The molecule has 2 rings (SSSR count). The molecule has 5 heteroatoms. The predicted molar refractivity (Wildman–Crippen MR) is 82.5 cm³/mol. The zero-order chi connectivity index (χ0) is 15.5. The molecule has 21 heavy (non-hydrogen) atoms. The molecule has 0 aliphatic rings. The Morgan fingerprint density at radius 1 is 1.38 bits per heavy atom. The summed E-state index contributed by atoms with van der Waals surface area (Å²) in [6, 6.07) is 9.81. The van der Waals surface area contributed by atoms with Crippen LogP contribution in [-0.2, 0) is 17.8 Å². The molecule has 0 fully saturated rings. The van der Waals surface area contributed by atoms with E-state index in [1.54, 1.807) is 25.1 Å². The second-order valence-electron chi connectivity index (χ2n) is 5.75. The molecule has 1 aromatic carbocycles. The molecule has 1 aromatic heterocycles. The summed E-state index contributed by atoms with van der Waals surface area (Å²) in [6.07, 6.45) is 2.26. The van der Waals surface area contributed by atoms with Crippen LogP contribution in [0.1, 0.15) is 24.0 Å². The van der Waals surface area contributed by atoms with Gasteiger partial charge >= 0.3 is 0 Å². The molecular formula is C16H22N4O. The number of aromatic amines is 1. The smallest absolute Gasteiger partial charge is 0.242 e. The van der Waals surface area contributed by atoms with Crippen molar-refractivity contribution in [2.24, 2.45) is 5.73 Å². The number of amides is 1. The Balaban J connectivity index is 2.03. The summed E-state index contributed by atoms with van der Waals surface area (Å²) < 4.78 is 0. The average molecular weight is 286 g/mol. The van der Waals surface area contributed by atoms with Crippen molar-refractivity contribution in [3.8, 4) is 0 Å². The molecule has 1 heterocycles. The van der Waals surface area contributed by atoms with Crippen molar-refractivity contribution in [3.63, 3.8) is 0 Å². The van der Waals surface area contributed by atoms with Gasteiger partial charge in [-0.25, -0.2) is 4.98 Å². The van der Waals surface area contributed by atoms with Crippen molar-refractivity contribution in [1.29, 1.82) is 0 Å². The number of imidazole rings is 1. The van der Waals surface area contributed by atoms with Crippen LogP contribution in [0.25, 0.3) is 0 Å².